The summed E-state index contributed by atoms with van der Waals surface area (Å²) in [4.78, 5) is 10.5. The van der Waals surface area contributed by atoms with Crippen LogP contribution < -0.4 is 10.1 Å². The number of benzene rings is 2. The first-order valence-electron chi connectivity index (χ1n) is 6.06. The highest BCUT2D eigenvalue weighted by Gasteiger charge is 2.17. The summed E-state index contributed by atoms with van der Waals surface area (Å²) in [5, 5.41) is 14.4. The fraction of sp³-hybridized carbons (Fsp3) is 0.143. The van der Waals surface area contributed by atoms with E-state index in [1.807, 2.05) is 19.2 Å². The minimum Gasteiger partial charge on any atom is -0.449 e. The van der Waals surface area contributed by atoms with E-state index in [2.05, 4.69) is 21.2 Å². The zero-order valence-electron chi connectivity index (χ0n) is 11.1. The molecule has 0 unspecified atom stereocenters. The molecular weight excluding hydrogens is 360 g/mol. The third kappa shape index (κ3) is 3.93. The Morgan fingerprint density at radius 3 is 2.62 bits per heavy atom. The second-order valence-electron chi connectivity index (χ2n) is 4.27. The lowest BCUT2D eigenvalue weighted by atomic mass is 10.2. The van der Waals surface area contributed by atoms with E-state index in [1.54, 1.807) is 12.1 Å². The van der Waals surface area contributed by atoms with Crippen molar-refractivity contribution in [1.29, 1.82) is 0 Å². The molecule has 2 aromatic carbocycles. The normalized spacial score (nSPS) is 10.4. The molecule has 0 aliphatic rings. The first kappa shape index (κ1) is 15.8. The summed E-state index contributed by atoms with van der Waals surface area (Å²) in [6.07, 6.45) is 0. The molecule has 0 aliphatic carbocycles. The van der Waals surface area contributed by atoms with Crippen LogP contribution in [0.5, 0.6) is 11.5 Å². The average Bonchev–Trinajstić information content (AvgIpc) is 2.43. The van der Waals surface area contributed by atoms with Crippen LogP contribution in [0.1, 0.15) is 5.56 Å². The van der Waals surface area contributed by atoms with Crippen LogP contribution in [0.2, 0.25) is 5.02 Å². The van der Waals surface area contributed by atoms with E-state index in [4.69, 9.17) is 16.3 Å². The Hall–Kier alpha value is -1.63. The molecule has 5 nitrogen and oxygen atoms in total. The van der Waals surface area contributed by atoms with Gasteiger partial charge in [0.05, 0.1) is 9.40 Å². The van der Waals surface area contributed by atoms with Gasteiger partial charge in [-0.2, -0.15) is 0 Å². The van der Waals surface area contributed by atoms with Crippen LogP contribution in [-0.4, -0.2) is 12.0 Å². The summed E-state index contributed by atoms with van der Waals surface area (Å²) >= 11 is 9.18. The topological polar surface area (TPSA) is 64.4 Å². The van der Waals surface area contributed by atoms with Crippen molar-refractivity contribution < 1.29 is 9.66 Å². The van der Waals surface area contributed by atoms with Gasteiger partial charge in [-0.1, -0.05) is 17.7 Å². The number of hydrogen-bond acceptors (Lipinski definition) is 4. The van der Waals surface area contributed by atoms with Crippen LogP contribution in [0.25, 0.3) is 0 Å². The van der Waals surface area contributed by atoms with Gasteiger partial charge in [0.2, 0.25) is 5.75 Å². The molecule has 0 amide bonds. The van der Waals surface area contributed by atoms with Crippen LogP contribution in [0.4, 0.5) is 5.69 Å². The van der Waals surface area contributed by atoms with Crippen molar-refractivity contribution in [2.45, 2.75) is 6.54 Å². The van der Waals surface area contributed by atoms with Crippen LogP contribution >= 0.6 is 27.5 Å². The number of nitrogens with one attached hydrogen (secondary N) is 1. The highest BCUT2D eigenvalue weighted by atomic mass is 79.9. The van der Waals surface area contributed by atoms with E-state index in [0.717, 1.165) is 16.6 Å². The molecule has 0 saturated heterocycles. The van der Waals surface area contributed by atoms with Crippen molar-refractivity contribution in [2.24, 2.45) is 0 Å². The Balaban J connectivity index is 2.32. The van der Waals surface area contributed by atoms with E-state index in [0.29, 0.717) is 5.75 Å². The zero-order valence-corrected chi connectivity index (χ0v) is 13.4. The molecular formula is C14H12BrClN2O3. The van der Waals surface area contributed by atoms with E-state index in [1.165, 1.54) is 12.1 Å². The van der Waals surface area contributed by atoms with E-state index >= 15 is 0 Å². The molecule has 1 N–H and O–H groups in total. The van der Waals surface area contributed by atoms with Gasteiger partial charge in [0.1, 0.15) is 5.75 Å². The van der Waals surface area contributed by atoms with Crippen molar-refractivity contribution >= 4 is 33.2 Å². The molecule has 0 radical (unpaired) electrons. The van der Waals surface area contributed by atoms with Crippen LogP contribution in [0, 0.1) is 10.1 Å². The summed E-state index contributed by atoms with van der Waals surface area (Å²) in [6, 6.07) is 9.84. The summed E-state index contributed by atoms with van der Waals surface area (Å²) in [5.41, 5.74) is 0.899. The van der Waals surface area contributed by atoms with Crippen LogP contribution in [0.3, 0.4) is 0 Å². The standard InChI is InChI=1S/C14H12BrClN2O3/c1-17-8-9-2-4-13(11(15)6-9)21-14-5-3-10(16)7-12(14)18(19)20/h2-7,17H,8H2,1H3. The fourth-order valence-corrected chi connectivity index (χ4v) is 2.45. The number of hydrogen-bond donors (Lipinski definition) is 1. The summed E-state index contributed by atoms with van der Waals surface area (Å²) in [6.45, 7) is 0.722. The molecule has 110 valence electrons. The molecule has 0 aliphatic heterocycles. The van der Waals surface area contributed by atoms with Gasteiger partial charge < -0.3 is 10.1 Å². The zero-order chi connectivity index (χ0) is 15.4. The molecule has 7 heteroatoms. The van der Waals surface area contributed by atoms with Crippen molar-refractivity contribution in [2.75, 3.05) is 7.05 Å². The maximum Gasteiger partial charge on any atom is 0.313 e. The Kier molecular flexibility index (Phi) is 5.17. The number of rotatable bonds is 5. The largest absolute Gasteiger partial charge is 0.449 e. The smallest absolute Gasteiger partial charge is 0.313 e. The van der Waals surface area contributed by atoms with E-state index < -0.39 is 4.92 Å². The molecule has 0 heterocycles. The van der Waals surface area contributed by atoms with Crippen LogP contribution in [-0.2, 0) is 6.54 Å². The predicted octanol–water partition coefficient (Wildman–Crippen LogP) is 4.52. The van der Waals surface area contributed by atoms with Crippen LogP contribution in [0.15, 0.2) is 40.9 Å². The van der Waals surface area contributed by atoms with Crippen molar-refractivity contribution in [1.82, 2.24) is 5.32 Å². The van der Waals surface area contributed by atoms with E-state index in [-0.39, 0.29) is 16.5 Å². The predicted molar refractivity (Wildman–Crippen MR) is 85.1 cm³/mol. The summed E-state index contributed by atoms with van der Waals surface area (Å²) < 4.78 is 6.34. The Bertz CT molecular complexity index is 679. The third-order valence-corrected chi connectivity index (χ3v) is 3.57. The molecule has 0 atom stereocenters. The van der Waals surface area contributed by atoms with Gasteiger partial charge in [-0.15, -0.1) is 0 Å². The van der Waals surface area contributed by atoms with Gasteiger partial charge in [0, 0.05) is 17.6 Å². The highest BCUT2D eigenvalue weighted by molar-refractivity contribution is 9.10. The lowest BCUT2D eigenvalue weighted by Crippen LogP contribution is -2.04. The monoisotopic (exact) mass is 370 g/mol. The lowest BCUT2D eigenvalue weighted by molar-refractivity contribution is -0.385. The fourth-order valence-electron chi connectivity index (χ4n) is 1.78. The molecule has 0 bridgehead atoms. The van der Waals surface area contributed by atoms with Crippen molar-refractivity contribution in [3.63, 3.8) is 0 Å². The first-order chi connectivity index (χ1) is 10.0. The summed E-state index contributed by atoms with van der Waals surface area (Å²) in [5.74, 6) is 0.645. The number of halogens is 2. The highest BCUT2D eigenvalue weighted by Crippen LogP contribution is 2.36. The third-order valence-electron chi connectivity index (χ3n) is 2.71. The van der Waals surface area contributed by atoms with Gasteiger partial charge in [-0.25, -0.2) is 0 Å². The SMILES string of the molecule is CNCc1ccc(Oc2ccc(Cl)cc2[N+](=O)[O-])c(Br)c1. The second-order valence-corrected chi connectivity index (χ2v) is 5.56. The molecule has 0 aromatic heterocycles. The molecule has 0 spiro atoms. The van der Waals surface area contributed by atoms with E-state index in [9.17, 15) is 10.1 Å². The summed E-state index contributed by atoms with van der Waals surface area (Å²) in [7, 11) is 1.86. The minimum absolute atomic E-state index is 0.145. The Morgan fingerprint density at radius 1 is 1.29 bits per heavy atom. The van der Waals surface area contributed by atoms with Gasteiger partial charge in [0.25, 0.3) is 0 Å². The molecule has 0 saturated carbocycles. The van der Waals surface area contributed by atoms with Crippen molar-refractivity contribution in [3.05, 3.63) is 61.6 Å². The van der Waals surface area contributed by atoms with Gasteiger partial charge in [0.15, 0.2) is 0 Å². The minimum atomic E-state index is -0.523. The number of ether oxygens (including phenoxy) is 1. The molecule has 0 fully saturated rings. The number of nitrogens with zero attached hydrogens (tertiary/aromatic N) is 1. The van der Waals surface area contributed by atoms with Gasteiger partial charge >= 0.3 is 5.69 Å². The molecule has 21 heavy (non-hydrogen) atoms. The Labute approximate surface area is 135 Å². The van der Waals surface area contributed by atoms with Gasteiger partial charge in [-0.3, -0.25) is 10.1 Å². The molecule has 2 aromatic rings. The average molecular weight is 372 g/mol. The number of nitro groups is 1. The van der Waals surface area contributed by atoms with Gasteiger partial charge in [-0.05, 0) is 52.8 Å². The Morgan fingerprint density at radius 2 is 2.00 bits per heavy atom. The first-order valence-corrected chi connectivity index (χ1v) is 7.23. The molecule has 2 rings (SSSR count). The van der Waals surface area contributed by atoms with Crippen molar-refractivity contribution in [3.8, 4) is 11.5 Å². The number of nitro benzene ring substituents is 1. The quantitative estimate of drug-likeness (QED) is 0.620. The maximum atomic E-state index is 11.0. The second kappa shape index (κ2) is 6.89. The maximum absolute atomic E-state index is 11.0. The lowest BCUT2D eigenvalue weighted by Gasteiger charge is -2.10.